The van der Waals surface area contributed by atoms with Crippen molar-refractivity contribution in [1.82, 2.24) is 0 Å². The molecular formula is C16H24Na2O16. The topological polar surface area (TPSA) is 290 Å². The van der Waals surface area contributed by atoms with Crippen LogP contribution in [0, 0.1) is 0 Å². The van der Waals surface area contributed by atoms with Gasteiger partial charge in [-0.15, -0.1) is 0 Å². The standard InChI is InChI=1S/C16H26O16.2Na/c17-2-5(20)9-7(22)4(19)1-15(30-9,13(25)26)31-11-8(23)10(6(21)3-18)32-16(29,12(11)24)14(27)28;;/h4-12,17-24,29H,1-3H2,(H,25,26)(H,27,28);;/q;2*+1/p-2/t4-,5-,6-,7-,8+,9-,10-,11+,12+,15+,16-;;/m1../s1. The largest absolute Gasteiger partial charge is 1.00 e. The zero-order chi connectivity index (χ0) is 24.6. The van der Waals surface area contributed by atoms with Gasteiger partial charge in [0.2, 0.25) is 11.6 Å². The number of carbonyl (C=O) groups excluding carboxylic acids is 2. The van der Waals surface area contributed by atoms with Gasteiger partial charge in [-0.25, -0.2) is 0 Å². The number of carbonyl (C=O) groups is 2. The number of hydrogen-bond donors (Lipinski definition) is 9. The van der Waals surface area contributed by atoms with Gasteiger partial charge in [-0.2, -0.15) is 0 Å². The van der Waals surface area contributed by atoms with Gasteiger partial charge in [0.05, 0.1) is 19.3 Å². The fourth-order valence-corrected chi connectivity index (χ4v) is 3.49. The monoisotopic (exact) mass is 518 g/mol. The van der Waals surface area contributed by atoms with E-state index in [2.05, 4.69) is 4.74 Å². The summed E-state index contributed by atoms with van der Waals surface area (Å²) < 4.78 is 14.6. The summed E-state index contributed by atoms with van der Waals surface area (Å²) in [6.45, 7) is -2.22. The third kappa shape index (κ3) is 6.47. The van der Waals surface area contributed by atoms with Crippen molar-refractivity contribution in [3.8, 4) is 0 Å². The van der Waals surface area contributed by atoms with Gasteiger partial charge in [-0.3, -0.25) is 0 Å². The number of rotatable bonds is 8. The molecule has 2 rings (SSSR count). The van der Waals surface area contributed by atoms with Crippen LogP contribution in [0.3, 0.4) is 0 Å². The molecule has 0 bridgehead atoms. The van der Waals surface area contributed by atoms with E-state index in [1.165, 1.54) is 0 Å². The summed E-state index contributed by atoms with van der Waals surface area (Å²) >= 11 is 0. The smallest absolute Gasteiger partial charge is 0.544 e. The van der Waals surface area contributed by atoms with E-state index in [-0.39, 0.29) is 59.1 Å². The molecule has 2 aliphatic heterocycles. The van der Waals surface area contributed by atoms with Crippen LogP contribution in [0.4, 0.5) is 0 Å². The molecule has 2 aliphatic rings. The van der Waals surface area contributed by atoms with Crippen molar-refractivity contribution in [2.24, 2.45) is 0 Å². The molecule has 2 saturated heterocycles. The number of ether oxygens (including phenoxy) is 3. The van der Waals surface area contributed by atoms with E-state index < -0.39 is 98.1 Å². The van der Waals surface area contributed by atoms with Crippen LogP contribution in [-0.4, -0.2) is 138 Å². The average Bonchev–Trinajstić information content (AvgIpc) is 2.74. The third-order valence-electron chi connectivity index (χ3n) is 5.30. The zero-order valence-electron chi connectivity index (χ0n) is 18.2. The van der Waals surface area contributed by atoms with Crippen LogP contribution in [0.5, 0.6) is 0 Å². The van der Waals surface area contributed by atoms with Crippen LogP contribution in [0.15, 0.2) is 0 Å². The van der Waals surface area contributed by atoms with E-state index in [0.29, 0.717) is 0 Å². The van der Waals surface area contributed by atoms with Crippen molar-refractivity contribution < 1.29 is 139 Å². The molecular weight excluding hydrogens is 494 g/mol. The number of carboxylic acid groups (broad SMARTS) is 2. The molecule has 0 radical (unpaired) electrons. The van der Waals surface area contributed by atoms with Crippen LogP contribution in [-0.2, 0) is 23.8 Å². The molecule has 0 aliphatic carbocycles. The van der Waals surface area contributed by atoms with Gasteiger partial charge in [-0.1, -0.05) is 0 Å². The molecule has 34 heavy (non-hydrogen) atoms. The average molecular weight is 518 g/mol. The minimum Gasteiger partial charge on any atom is -0.544 e. The summed E-state index contributed by atoms with van der Waals surface area (Å²) in [7, 11) is 0. The van der Waals surface area contributed by atoms with Crippen LogP contribution in [0.25, 0.3) is 0 Å². The van der Waals surface area contributed by atoms with Crippen molar-refractivity contribution >= 4 is 11.9 Å². The second kappa shape index (κ2) is 13.3. The van der Waals surface area contributed by atoms with Gasteiger partial charge < -0.3 is 80.0 Å². The van der Waals surface area contributed by atoms with Gasteiger partial charge in [0.15, 0.2) is 0 Å². The first-order valence-electron chi connectivity index (χ1n) is 9.24. The van der Waals surface area contributed by atoms with Gasteiger partial charge in [0.1, 0.15) is 60.8 Å². The predicted molar refractivity (Wildman–Crippen MR) is 87.1 cm³/mol. The van der Waals surface area contributed by atoms with Gasteiger partial charge in [0.25, 0.3) is 0 Å². The fraction of sp³-hybridized carbons (Fsp3) is 0.875. The number of aliphatic hydroxyl groups excluding tert-OH is 8. The Balaban J connectivity index is 0.00000544. The number of carboxylic acids is 2. The van der Waals surface area contributed by atoms with Crippen molar-refractivity contribution in [1.29, 1.82) is 0 Å². The molecule has 186 valence electrons. The van der Waals surface area contributed by atoms with Crippen LogP contribution >= 0.6 is 0 Å². The fourth-order valence-electron chi connectivity index (χ4n) is 3.49. The Kier molecular flexibility index (Phi) is 13.5. The van der Waals surface area contributed by atoms with Crippen molar-refractivity contribution in [3.05, 3.63) is 0 Å². The molecule has 0 aromatic carbocycles. The molecule has 0 spiro atoms. The number of aliphatic carboxylic acids is 2. The van der Waals surface area contributed by atoms with Crippen molar-refractivity contribution in [2.75, 3.05) is 13.2 Å². The third-order valence-corrected chi connectivity index (χ3v) is 5.30. The second-order valence-corrected chi connectivity index (χ2v) is 7.47. The molecule has 0 unspecified atom stereocenters. The SMILES string of the molecule is O=C([O-])[C@@]1(O[C@H]2[C@@H](O)[C@@H]([C@H](O)CO)O[C@@](O)(C(=O)[O-])[C@H]2O)C[C@@H](O)[C@@H](O)[C@@H]([C@H](O)CO)O1.[Na+].[Na+]. The normalized spacial score (nSPS) is 42.0. The van der Waals surface area contributed by atoms with Crippen molar-refractivity contribution in [3.63, 3.8) is 0 Å². The number of hydrogen-bond acceptors (Lipinski definition) is 16. The van der Waals surface area contributed by atoms with Crippen molar-refractivity contribution in [2.45, 2.75) is 72.9 Å². The minimum atomic E-state index is -3.69. The van der Waals surface area contributed by atoms with E-state index in [1.807, 2.05) is 0 Å². The first-order valence-corrected chi connectivity index (χ1v) is 9.24. The summed E-state index contributed by atoms with van der Waals surface area (Å²) in [5, 5.41) is 112. The second-order valence-electron chi connectivity index (χ2n) is 7.47. The van der Waals surface area contributed by atoms with Gasteiger partial charge in [0, 0.05) is 6.42 Å². The minimum absolute atomic E-state index is 0. The predicted octanol–water partition coefficient (Wildman–Crippen LogP) is -15.4. The molecule has 0 amide bonds. The Hall–Kier alpha value is 0.460. The molecule has 9 N–H and O–H groups in total. The summed E-state index contributed by atoms with van der Waals surface area (Å²) in [4.78, 5) is 23.2. The maximum atomic E-state index is 11.9. The summed E-state index contributed by atoms with van der Waals surface area (Å²) in [5.74, 6) is -11.7. The first-order chi connectivity index (χ1) is 14.8. The Labute approximate surface area is 235 Å². The Morgan fingerprint density at radius 2 is 1.38 bits per heavy atom. The Morgan fingerprint density at radius 1 is 0.912 bits per heavy atom. The molecule has 2 heterocycles. The Bertz CT molecular complexity index is 700. The van der Waals surface area contributed by atoms with E-state index in [1.54, 1.807) is 0 Å². The number of aliphatic hydroxyl groups is 9. The Morgan fingerprint density at radius 3 is 1.79 bits per heavy atom. The molecule has 0 aromatic heterocycles. The zero-order valence-corrected chi connectivity index (χ0v) is 22.2. The summed E-state index contributed by atoms with van der Waals surface area (Å²) in [6.07, 6.45) is -20.9. The van der Waals surface area contributed by atoms with Gasteiger partial charge in [-0.05, 0) is 0 Å². The van der Waals surface area contributed by atoms with Crippen LogP contribution in [0.1, 0.15) is 6.42 Å². The van der Waals surface area contributed by atoms with E-state index >= 15 is 0 Å². The van der Waals surface area contributed by atoms with Crippen LogP contribution in [0.2, 0.25) is 0 Å². The van der Waals surface area contributed by atoms with E-state index in [0.717, 1.165) is 0 Å². The quantitative estimate of drug-likeness (QED) is 0.135. The van der Waals surface area contributed by atoms with Crippen LogP contribution < -0.4 is 69.3 Å². The molecule has 0 aromatic rings. The van der Waals surface area contributed by atoms with E-state index in [4.69, 9.17) is 19.7 Å². The molecule has 16 nitrogen and oxygen atoms in total. The molecule has 0 saturated carbocycles. The van der Waals surface area contributed by atoms with Gasteiger partial charge >= 0.3 is 59.1 Å². The maximum absolute atomic E-state index is 11.9. The summed E-state index contributed by atoms with van der Waals surface area (Å²) in [6, 6.07) is 0. The first kappa shape index (κ1) is 34.5. The van der Waals surface area contributed by atoms with E-state index in [9.17, 15) is 55.5 Å². The maximum Gasteiger partial charge on any atom is 1.00 e. The summed E-state index contributed by atoms with van der Waals surface area (Å²) in [5.41, 5.74) is 0. The molecule has 11 atom stereocenters. The molecule has 18 heteroatoms. The molecule has 2 fully saturated rings.